The van der Waals surface area contributed by atoms with E-state index in [1.54, 1.807) is 0 Å². The number of nitrogens with zero attached hydrogens (tertiary/aromatic N) is 1. The average molecular weight is 226 g/mol. The molecule has 1 rings (SSSR count). The maximum absolute atomic E-state index is 3.50. The summed E-state index contributed by atoms with van der Waals surface area (Å²) in [7, 11) is 2.11. The summed E-state index contributed by atoms with van der Waals surface area (Å²) in [5.74, 6) is 0.785. The molecule has 1 saturated carbocycles. The van der Waals surface area contributed by atoms with Crippen LogP contribution < -0.4 is 5.32 Å². The molecule has 1 N–H and O–H groups in total. The van der Waals surface area contributed by atoms with E-state index < -0.39 is 0 Å². The van der Waals surface area contributed by atoms with Crippen LogP contribution in [0.5, 0.6) is 0 Å². The summed E-state index contributed by atoms with van der Waals surface area (Å²) in [6.45, 7) is 9.50. The zero-order chi connectivity index (χ0) is 12.0. The molecule has 0 saturated heterocycles. The van der Waals surface area contributed by atoms with Crippen LogP contribution in [0.3, 0.4) is 0 Å². The fraction of sp³-hybridized carbons (Fsp3) is 1.00. The molecule has 2 atom stereocenters. The molecule has 0 heterocycles. The highest BCUT2D eigenvalue weighted by Gasteiger charge is 2.30. The standard InChI is InChI=1S/C14H30N2/c1-5-7-10-16(13-8-9-13)11-14(15-4)12(3)6-2/h12-15H,5-11H2,1-4H3. The van der Waals surface area contributed by atoms with Crippen LogP contribution in [0.15, 0.2) is 0 Å². The van der Waals surface area contributed by atoms with Gasteiger partial charge in [0.05, 0.1) is 0 Å². The van der Waals surface area contributed by atoms with Gasteiger partial charge in [-0.05, 0) is 38.8 Å². The minimum absolute atomic E-state index is 0.669. The number of rotatable bonds is 9. The first-order chi connectivity index (χ1) is 7.72. The van der Waals surface area contributed by atoms with Gasteiger partial charge in [-0.2, -0.15) is 0 Å². The van der Waals surface area contributed by atoms with Crippen molar-refractivity contribution < 1.29 is 0 Å². The van der Waals surface area contributed by atoms with E-state index in [0.29, 0.717) is 6.04 Å². The van der Waals surface area contributed by atoms with Crippen LogP contribution in [0, 0.1) is 5.92 Å². The van der Waals surface area contributed by atoms with Crippen LogP contribution in [0.2, 0.25) is 0 Å². The van der Waals surface area contributed by atoms with Gasteiger partial charge in [-0.15, -0.1) is 0 Å². The van der Waals surface area contributed by atoms with Crippen molar-refractivity contribution in [3.63, 3.8) is 0 Å². The minimum atomic E-state index is 0.669. The molecule has 0 bridgehead atoms. The monoisotopic (exact) mass is 226 g/mol. The number of likely N-dealkylation sites (N-methyl/N-ethyl adjacent to an activating group) is 1. The largest absolute Gasteiger partial charge is 0.315 e. The quantitative estimate of drug-likeness (QED) is 0.650. The van der Waals surface area contributed by atoms with Gasteiger partial charge in [-0.25, -0.2) is 0 Å². The molecule has 0 aromatic carbocycles. The number of nitrogens with one attached hydrogen (secondary N) is 1. The van der Waals surface area contributed by atoms with Gasteiger partial charge < -0.3 is 5.32 Å². The highest BCUT2D eigenvalue weighted by molar-refractivity contribution is 4.87. The van der Waals surface area contributed by atoms with E-state index >= 15 is 0 Å². The van der Waals surface area contributed by atoms with Gasteiger partial charge in [0, 0.05) is 18.6 Å². The Kier molecular flexibility index (Phi) is 6.37. The first-order valence-corrected chi connectivity index (χ1v) is 7.14. The molecule has 2 nitrogen and oxygen atoms in total. The lowest BCUT2D eigenvalue weighted by molar-refractivity contribution is 0.205. The summed E-state index contributed by atoms with van der Waals surface area (Å²) in [6.07, 6.45) is 6.81. The fourth-order valence-electron chi connectivity index (χ4n) is 2.32. The van der Waals surface area contributed by atoms with E-state index in [4.69, 9.17) is 0 Å². The fourth-order valence-corrected chi connectivity index (χ4v) is 2.32. The Bertz CT molecular complexity index is 178. The molecule has 0 aromatic rings. The average Bonchev–Trinajstić information content (AvgIpc) is 3.12. The van der Waals surface area contributed by atoms with Crippen molar-refractivity contribution in [3.05, 3.63) is 0 Å². The third-order valence-corrected chi connectivity index (χ3v) is 3.99. The molecular weight excluding hydrogens is 196 g/mol. The van der Waals surface area contributed by atoms with Crippen molar-refractivity contribution in [2.24, 2.45) is 5.92 Å². The molecule has 16 heavy (non-hydrogen) atoms. The summed E-state index contributed by atoms with van der Waals surface area (Å²) in [6, 6.07) is 1.58. The van der Waals surface area contributed by atoms with Crippen molar-refractivity contribution >= 4 is 0 Å². The van der Waals surface area contributed by atoms with Crippen molar-refractivity contribution in [2.75, 3.05) is 20.1 Å². The van der Waals surface area contributed by atoms with Gasteiger partial charge in [-0.3, -0.25) is 4.90 Å². The molecular formula is C14H30N2. The second-order valence-electron chi connectivity index (χ2n) is 5.36. The molecule has 2 unspecified atom stereocenters. The third kappa shape index (κ3) is 4.42. The zero-order valence-corrected chi connectivity index (χ0v) is 11.6. The molecule has 1 aliphatic carbocycles. The number of unbranched alkanes of at least 4 members (excludes halogenated alkanes) is 1. The molecule has 1 fully saturated rings. The van der Waals surface area contributed by atoms with Gasteiger partial charge in [0.15, 0.2) is 0 Å². The van der Waals surface area contributed by atoms with Gasteiger partial charge in [0.1, 0.15) is 0 Å². The van der Waals surface area contributed by atoms with Gasteiger partial charge in [-0.1, -0.05) is 33.6 Å². The molecule has 2 heteroatoms. The van der Waals surface area contributed by atoms with E-state index in [1.165, 1.54) is 45.2 Å². The Labute approximate surface area is 102 Å². The molecule has 0 spiro atoms. The van der Waals surface area contributed by atoms with Crippen molar-refractivity contribution in [1.82, 2.24) is 10.2 Å². The van der Waals surface area contributed by atoms with Crippen LogP contribution in [0.4, 0.5) is 0 Å². The summed E-state index contributed by atoms with van der Waals surface area (Å²) < 4.78 is 0. The minimum Gasteiger partial charge on any atom is -0.315 e. The van der Waals surface area contributed by atoms with Crippen molar-refractivity contribution in [1.29, 1.82) is 0 Å². The summed E-state index contributed by atoms with van der Waals surface area (Å²) >= 11 is 0. The second kappa shape index (κ2) is 7.29. The summed E-state index contributed by atoms with van der Waals surface area (Å²) in [4.78, 5) is 2.72. The van der Waals surface area contributed by atoms with Gasteiger partial charge in [0.2, 0.25) is 0 Å². The second-order valence-corrected chi connectivity index (χ2v) is 5.36. The van der Waals surface area contributed by atoms with Crippen LogP contribution in [-0.4, -0.2) is 37.1 Å². The first-order valence-electron chi connectivity index (χ1n) is 7.14. The predicted octanol–water partition coefficient (Wildman–Crippen LogP) is 2.89. The highest BCUT2D eigenvalue weighted by Crippen LogP contribution is 2.27. The summed E-state index contributed by atoms with van der Waals surface area (Å²) in [5, 5.41) is 3.50. The van der Waals surface area contributed by atoms with Gasteiger partial charge >= 0.3 is 0 Å². The van der Waals surface area contributed by atoms with Crippen molar-refractivity contribution in [2.45, 2.75) is 65.0 Å². The Morgan fingerprint density at radius 2 is 2.00 bits per heavy atom. The topological polar surface area (TPSA) is 15.3 Å². The normalized spacial score (nSPS) is 20.1. The first kappa shape index (κ1) is 14.0. The highest BCUT2D eigenvalue weighted by atomic mass is 15.2. The van der Waals surface area contributed by atoms with E-state index in [9.17, 15) is 0 Å². The van der Waals surface area contributed by atoms with E-state index in [-0.39, 0.29) is 0 Å². The Morgan fingerprint density at radius 3 is 2.44 bits per heavy atom. The molecule has 0 aromatic heterocycles. The number of hydrogen-bond donors (Lipinski definition) is 1. The Balaban J connectivity index is 2.38. The zero-order valence-electron chi connectivity index (χ0n) is 11.6. The molecule has 0 radical (unpaired) electrons. The SMILES string of the molecule is CCCCN(CC(NC)C(C)CC)C1CC1. The van der Waals surface area contributed by atoms with Crippen LogP contribution in [0.1, 0.15) is 52.9 Å². The molecule has 96 valence electrons. The summed E-state index contributed by atoms with van der Waals surface area (Å²) in [5.41, 5.74) is 0. The maximum atomic E-state index is 3.50. The molecule has 0 aliphatic heterocycles. The lowest BCUT2D eigenvalue weighted by Crippen LogP contribution is -2.44. The van der Waals surface area contributed by atoms with Crippen molar-refractivity contribution in [3.8, 4) is 0 Å². The lowest BCUT2D eigenvalue weighted by atomic mass is 9.98. The number of hydrogen-bond acceptors (Lipinski definition) is 2. The smallest absolute Gasteiger partial charge is 0.0217 e. The maximum Gasteiger partial charge on any atom is 0.0217 e. The Hall–Kier alpha value is -0.0800. The third-order valence-electron chi connectivity index (χ3n) is 3.99. The van der Waals surface area contributed by atoms with E-state index in [2.05, 4.69) is 38.0 Å². The van der Waals surface area contributed by atoms with Crippen LogP contribution in [-0.2, 0) is 0 Å². The van der Waals surface area contributed by atoms with E-state index in [1.807, 2.05) is 0 Å². The molecule has 1 aliphatic rings. The lowest BCUT2D eigenvalue weighted by Gasteiger charge is -2.30. The predicted molar refractivity (Wildman–Crippen MR) is 71.8 cm³/mol. The van der Waals surface area contributed by atoms with E-state index in [0.717, 1.165) is 12.0 Å². The van der Waals surface area contributed by atoms with Gasteiger partial charge in [0.25, 0.3) is 0 Å². The van der Waals surface area contributed by atoms with Crippen LogP contribution in [0.25, 0.3) is 0 Å². The molecule has 0 amide bonds. The Morgan fingerprint density at radius 1 is 1.31 bits per heavy atom. The van der Waals surface area contributed by atoms with Crippen LogP contribution >= 0.6 is 0 Å².